The largest absolute Gasteiger partial charge is 0.384 e. The van der Waals surface area contributed by atoms with Crippen molar-refractivity contribution in [3.63, 3.8) is 0 Å². The summed E-state index contributed by atoms with van der Waals surface area (Å²) >= 11 is 0. The summed E-state index contributed by atoms with van der Waals surface area (Å²) in [5, 5.41) is 20.3. The fourth-order valence-electron chi connectivity index (χ4n) is 9.20. The van der Waals surface area contributed by atoms with Crippen LogP contribution in [0.3, 0.4) is 0 Å². The number of fused-ring (bicyclic) bond motifs is 2. The van der Waals surface area contributed by atoms with E-state index in [1.54, 1.807) is 22.9 Å². The molecule has 6 heterocycles. The molecule has 0 spiro atoms. The molecule has 2 atom stereocenters. The van der Waals surface area contributed by atoms with E-state index < -0.39 is 11.6 Å². The highest BCUT2D eigenvalue weighted by atomic mass is 19.1. The summed E-state index contributed by atoms with van der Waals surface area (Å²) in [5.41, 5.74) is 3.85. The van der Waals surface area contributed by atoms with Gasteiger partial charge < -0.3 is 25.5 Å². The second-order valence-electron chi connectivity index (χ2n) is 16.2. The number of carbonyl (C=O) groups excluding carboxylic acids is 2. The lowest BCUT2D eigenvalue weighted by Crippen LogP contribution is -2.53. The van der Waals surface area contributed by atoms with Crippen molar-refractivity contribution < 1.29 is 19.1 Å². The number of aromatic nitrogens is 5. The molecule has 3 saturated heterocycles. The number of aliphatic hydroxyl groups is 1. The molecule has 0 saturated carbocycles. The highest BCUT2D eigenvalue weighted by Gasteiger charge is 2.37. The zero-order chi connectivity index (χ0) is 41.5. The molecule has 312 valence electrons. The van der Waals surface area contributed by atoms with Gasteiger partial charge in [-0.2, -0.15) is 4.98 Å². The Hall–Kier alpha value is -6.13. The average molecular weight is 816 g/mol. The van der Waals surface area contributed by atoms with Gasteiger partial charge in [0.15, 0.2) is 11.5 Å². The van der Waals surface area contributed by atoms with Gasteiger partial charge in [0, 0.05) is 75.0 Å². The first-order valence-electron chi connectivity index (χ1n) is 20.9. The van der Waals surface area contributed by atoms with Crippen LogP contribution in [-0.4, -0.2) is 97.5 Å². The predicted octanol–water partition coefficient (Wildman–Crippen LogP) is 4.60. The molecule has 4 N–H and O–H groups in total. The van der Waals surface area contributed by atoms with E-state index in [1.165, 1.54) is 16.9 Å². The van der Waals surface area contributed by atoms with Crippen LogP contribution in [0.2, 0.25) is 0 Å². The number of pyridine rings is 1. The normalized spacial score (nSPS) is 21.3. The first kappa shape index (κ1) is 39.3. The minimum atomic E-state index is -1.00. The molecule has 15 nitrogen and oxygen atoms in total. The van der Waals surface area contributed by atoms with Crippen molar-refractivity contribution in [2.24, 2.45) is 0 Å². The first-order chi connectivity index (χ1) is 29.1. The van der Waals surface area contributed by atoms with Crippen LogP contribution in [0.1, 0.15) is 56.7 Å². The molecule has 16 heteroatoms. The lowest BCUT2D eigenvalue weighted by molar-refractivity contribution is -0.133. The SMILES string of the molecule is C=CCn1c(=O)c2cnc(Nc3ccc(N4CCC(N5CCN(c6ccc(NC7CCC(=O)NC7=O)cc6F)CC5)CC4)cc3)nc2n1-c1ccc2c(n1)[C@@](O)(CC)CC2. The molecule has 0 bridgehead atoms. The van der Waals surface area contributed by atoms with E-state index in [2.05, 4.69) is 54.3 Å². The maximum Gasteiger partial charge on any atom is 0.278 e. The summed E-state index contributed by atoms with van der Waals surface area (Å²) in [6.07, 6.45) is 7.83. The van der Waals surface area contributed by atoms with Crippen molar-refractivity contribution in [2.45, 2.75) is 76.1 Å². The van der Waals surface area contributed by atoms with Crippen molar-refractivity contribution in [1.29, 1.82) is 0 Å². The Bertz CT molecular complexity index is 2510. The number of carbonyl (C=O) groups is 2. The van der Waals surface area contributed by atoms with Crippen molar-refractivity contribution in [3.8, 4) is 5.82 Å². The number of allylic oxidation sites excluding steroid dienone is 1. The Morgan fingerprint density at radius 2 is 1.70 bits per heavy atom. The molecule has 1 aliphatic carbocycles. The second-order valence-corrected chi connectivity index (χ2v) is 16.2. The lowest BCUT2D eigenvalue weighted by atomic mass is 9.98. The molecule has 3 aromatic heterocycles. The number of amides is 2. The number of hydrogen-bond donors (Lipinski definition) is 4. The summed E-state index contributed by atoms with van der Waals surface area (Å²) < 4.78 is 18.5. The van der Waals surface area contributed by atoms with Gasteiger partial charge in [0.1, 0.15) is 22.8 Å². The molecule has 1 unspecified atom stereocenters. The van der Waals surface area contributed by atoms with Crippen molar-refractivity contribution in [2.75, 3.05) is 59.7 Å². The maximum absolute atomic E-state index is 15.3. The number of aryl methyl sites for hydroxylation is 1. The molecule has 3 aliphatic heterocycles. The molecular weight excluding hydrogens is 766 g/mol. The van der Waals surface area contributed by atoms with Gasteiger partial charge in [-0.1, -0.05) is 19.1 Å². The minimum absolute atomic E-state index is 0.247. The number of imide groups is 1. The lowest BCUT2D eigenvalue weighted by Gasteiger charge is -2.44. The van der Waals surface area contributed by atoms with Crippen LogP contribution >= 0.6 is 0 Å². The van der Waals surface area contributed by atoms with Crippen molar-refractivity contribution >= 4 is 51.5 Å². The zero-order valence-corrected chi connectivity index (χ0v) is 33.7. The summed E-state index contributed by atoms with van der Waals surface area (Å²) in [6.45, 7) is 11.1. The Morgan fingerprint density at radius 3 is 2.42 bits per heavy atom. The predicted molar refractivity (Wildman–Crippen MR) is 229 cm³/mol. The minimum Gasteiger partial charge on any atom is -0.384 e. The van der Waals surface area contributed by atoms with Crippen LogP contribution in [0, 0.1) is 5.82 Å². The number of benzene rings is 2. The highest BCUT2D eigenvalue weighted by Crippen LogP contribution is 2.38. The number of piperidine rings is 2. The molecule has 60 heavy (non-hydrogen) atoms. The zero-order valence-electron chi connectivity index (χ0n) is 33.7. The smallest absolute Gasteiger partial charge is 0.278 e. The van der Waals surface area contributed by atoms with E-state index in [-0.39, 0.29) is 36.2 Å². The van der Waals surface area contributed by atoms with Gasteiger partial charge in [0.25, 0.3) is 5.56 Å². The first-order valence-corrected chi connectivity index (χ1v) is 20.9. The van der Waals surface area contributed by atoms with Crippen LogP contribution in [0.15, 0.2) is 78.2 Å². The number of piperazine rings is 1. The highest BCUT2D eigenvalue weighted by molar-refractivity contribution is 6.01. The quantitative estimate of drug-likeness (QED) is 0.108. The Kier molecular flexibility index (Phi) is 10.6. The summed E-state index contributed by atoms with van der Waals surface area (Å²) in [5.74, 6) is -0.153. The number of nitrogens with zero attached hydrogens (tertiary/aromatic N) is 8. The van der Waals surface area contributed by atoms with Crippen LogP contribution in [-0.2, 0) is 28.2 Å². The van der Waals surface area contributed by atoms with E-state index in [0.29, 0.717) is 65.2 Å². The number of rotatable bonds is 11. The summed E-state index contributed by atoms with van der Waals surface area (Å²) in [7, 11) is 0. The fraction of sp³-hybridized carbons (Fsp3) is 0.409. The molecule has 2 aromatic carbocycles. The van der Waals surface area contributed by atoms with Gasteiger partial charge in [0.05, 0.1) is 17.9 Å². The van der Waals surface area contributed by atoms with Crippen LogP contribution < -0.4 is 31.3 Å². The fourth-order valence-corrected chi connectivity index (χ4v) is 9.20. The van der Waals surface area contributed by atoms with E-state index >= 15 is 4.39 Å². The standard InChI is InChI=1S/C44H50FN11O4/c1-3-19-55-42(59)33-27-46-43(51-40(33)56(55)37-13-5-28-15-18-44(60,4-2)39(28)49-37)48-29-6-9-31(10-7-29)52-20-16-32(17-21-52)53-22-24-54(25-23-53)36-12-8-30(26-34(36)45)47-35-11-14-38(57)50-41(35)58/h3,5-10,12-13,26-27,32,35,47,60H,1,4,11,14-25H2,2H3,(H,46,48,51)(H,50,57,58)/t35?,44-/m1/s1. The monoisotopic (exact) mass is 815 g/mol. The van der Waals surface area contributed by atoms with Gasteiger partial charge in [0.2, 0.25) is 17.8 Å². The number of nitrogens with one attached hydrogen (secondary N) is 3. The van der Waals surface area contributed by atoms with Gasteiger partial charge in [-0.15, -0.1) is 6.58 Å². The van der Waals surface area contributed by atoms with Gasteiger partial charge in [-0.3, -0.25) is 24.6 Å². The maximum atomic E-state index is 15.3. The van der Waals surface area contributed by atoms with Crippen LogP contribution in [0.4, 0.5) is 33.1 Å². The van der Waals surface area contributed by atoms with Crippen LogP contribution in [0.25, 0.3) is 16.9 Å². The van der Waals surface area contributed by atoms with Crippen LogP contribution in [0.5, 0.6) is 0 Å². The average Bonchev–Trinajstić information content (AvgIpc) is 3.74. The Balaban J connectivity index is 0.807. The molecular formula is C44H50FN11O4. The second kappa shape index (κ2) is 16.1. The molecule has 4 aliphatic rings. The molecule has 5 aromatic rings. The molecule has 9 rings (SSSR count). The third kappa shape index (κ3) is 7.49. The van der Waals surface area contributed by atoms with E-state index in [1.807, 2.05) is 31.2 Å². The van der Waals surface area contributed by atoms with Crippen molar-refractivity contribution in [3.05, 3.63) is 101 Å². The topological polar surface area (TPSA) is 166 Å². The Labute approximate surface area is 346 Å². The Morgan fingerprint density at radius 1 is 0.933 bits per heavy atom. The summed E-state index contributed by atoms with van der Waals surface area (Å²) in [4.78, 5) is 58.3. The van der Waals surface area contributed by atoms with Gasteiger partial charge >= 0.3 is 0 Å². The van der Waals surface area contributed by atoms with E-state index in [9.17, 15) is 19.5 Å². The van der Waals surface area contributed by atoms with Gasteiger partial charge in [-0.25, -0.2) is 23.7 Å². The third-order valence-corrected chi connectivity index (χ3v) is 12.6. The van der Waals surface area contributed by atoms with Gasteiger partial charge in [-0.05, 0) is 92.6 Å². The number of anilines is 5. The van der Waals surface area contributed by atoms with E-state index in [4.69, 9.17) is 9.97 Å². The molecule has 2 amide bonds. The molecule has 0 radical (unpaired) electrons. The summed E-state index contributed by atoms with van der Waals surface area (Å²) in [6, 6.07) is 17.0. The third-order valence-electron chi connectivity index (χ3n) is 12.6. The van der Waals surface area contributed by atoms with E-state index in [0.717, 1.165) is 75.5 Å². The number of halogens is 1. The van der Waals surface area contributed by atoms with Crippen molar-refractivity contribution in [1.82, 2.24) is 34.5 Å². The molecule has 3 fully saturated rings. The number of hydrogen-bond acceptors (Lipinski definition) is 12.